The van der Waals surface area contributed by atoms with E-state index in [1.54, 1.807) is 23.9 Å². The van der Waals surface area contributed by atoms with Gasteiger partial charge in [0, 0.05) is 28.9 Å². The highest BCUT2D eigenvalue weighted by molar-refractivity contribution is 7.99. The van der Waals surface area contributed by atoms with E-state index < -0.39 is 0 Å². The zero-order chi connectivity index (χ0) is 22.1. The molecule has 1 N–H and O–H groups in total. The lowest BCUT2D eigenvalue weighted by Crippen LogP contribution is -2.41. The highest BCUT2D eigenvalue weighted by Gasteiger charge is 2.34. The van der Waals surface area contributed by atoms with Gasteiger partial charge in [-0.3, -0.25) is 4.79 Å². The van der Waals surface area contributed by atoms with Gasteiger partial charge < -0.3 is 9.88 Å². The lowest BCUT2D eigenvalue weighted by Gasteiger charge is -2.36. The molecule has 1 amide bonds. The summed E-state index contributed by atoms with van der Waals surface area (Å²) >= 11 is 1.58. The number of carbonyl (C=O) groups excluding carboxylic acids is 1. The molecule has 0 radical (unpaired) electrons. The molecule has 0 spiro atoms. The minimum Gasteiger partial charge on any atom is -0.356 e. The average molecular weight is 445 g/mol. The lowest BCUT2D eigenvalue weighted by molar-refractivity contribution is -0.130. The minimum atomic E-state index is -0.238. The molecule has 0 bridgehead atoms. The van der Waals surface area contributed by atoms with Crippen LogP contribution in [0, 0.1) is 12.7 Å². The van der Waals surface area contributed by atoms with E-state index in [-0.39, 0.29) is 17.8 Å². The zero-order valence-electron chi connectivity index (χ0n) is 18.0. The van der Waals surface area contributed by atoms with Crippen LogP contribution >= 0.6 is 11.8 Å². The van der Waals surface area contributed by atoms with Crippen molar-refractivity contribution in [1.29, 1.82) is 0 Å². The molecule has 3 aromatic carbocycles. The van der Waals surface area contributed by atoms with Gasteiger partial charge in [0.1, 0.15) is 5.82 Å². The molecule has 32 heavy (non-hydrogen) atoms. The number of halogens is 1. The summed E-state index contributed by atoms with van der Waals surface area (Å²) in [5.41, 5.74) is 6.91. The molecule has 0 saturated carbocycles. The molecule has 5 rings (SSSR count). The number of benzene rings is 3. The fourth-order valence-electron chi connectivity index (χ4n) is 4.52. The molecule has 4 aromatic rings. The first kappa shape index (κ1) is 20.8. The molecule has 1 aromatic heterocycles. The first-order chi connectivity index (χ1) is 15.6. The highest BCUT2D eigenvalue weighted by Crippen LogP contribution is 2.38. The maximum atomic E-state index is 13.3. The number of hydrogen-bond acceptors (Lipinski definition) is 2. The summed E-state index contributed by atoms with van der Waals surface area (Å²) < 4.78 is 13.1. The Bertz CT molecular complexity index is 1250. The van der Waals surface area contributed by atoms with Crippen molar-refractivity contribution in [2.75, 3.05) is 12.3 Å². The number of carbonyl (C=O) groups is 1. The number of fused-ring (bicyclic) bond motifs is 3. The van der Waals surface area contributed by atoms with Crippen LogP contribution in [0.4, 0.5) is 4.39 Å². The normalized spacial score (nSPS) is 15.7. The van der Waals surface area contributed by atoms with E-state index in [1.807, 2.05) is 11.0 Å². The third-order valence-corrected chi connectivity index (χ3v) is 7.14. The van der Waals surface area contributed by atoms with E-state index in [0.717, 1.165) is 28.8 Å². The summed E-state index contributed by atoms with van der Waals surface area (Å²) in [5, 5.41) is 1.25. The third kappa shape index (κ3) is 4.05. The van der Waals surface area contributed by atoms with Crippen molar-refractivity contribution in [3.63, 3.8) is 0 Å². The fourth-order valence-corrected chi connectivity index (χ4v) is 5.40. The molecule has 1 atom stereocenters. The number of thioether (sulfide) groups is 1. The summed E-state index contributed by atoms with van der Waals surface area (Å²) in [5.74, 6) is 0.979. The largest absolute Gasteiger partial charge is 0.356 e. The van der Waals surface area contributed by atoms with Crippen LogP contribution in [-0.2, 0) is 17.0 Å². The number of para-hydroxylation sites is 1. The van der Waals surface area contributed by atoms with Crippen molar-refractivity contribution < 1.29 is 9.18 Å². The van der Waals surface area contributed by atoms with Crippen molar-refractivity contribution in [3.8, 4) is 0 Å². The van der Waals surface area contributed by atoms with Crippen LogP contribution in [0.3, 0.4) is 0 Å². The second-order valence-corrected chi connectivity index (χ2v) is 9.32. The second kappa shape index (κ2) is 8.83. The standard InChI is InChI=1S/C27H25FN2OS/c1-18-6-10-20(11-7-18)27-26-23(22-4-2-3-5-24(22)29-26)14-15-30(27)25(31)17-32-16-19-8-12-21(28)13-9-19/h2-13,27,29H,14-17H2,1H3/t27-/m1/s1. The molecule has 1 aliphatic rings. The first-order valence-corrected chi connectivity index (χ1v) is 12.0. The number of amides is 1. The first-order valence-electron chi connectivity index (χ1n) is 10.9. The average Bonchev–Trinajstić information content (AvgIpc) is 3.19. The Kier molecular flexibility index (Phi) is 5.75. The summed E-state index contributed by atoms with van der Waals surface area (Å²) in [4.78, 5) is 19.0. The predicted octanol–water partition coefficient (Wildman–Crippen LogP) is 6.02. The van der Waals surface area contributed by atoms with Gasteiger partial charge in [0.25, 0.3) is 0 Å². The molecule has 0 saturated heterocycles. The van der Waals surface area contributed by atoms with Gasteiger partial charge in [-0.25, -0.2) is 4.39 Å². The van der Waals surface area contributed by atoms with Crippen LogP contribution in [0.2, 0.25) is 0 Å². The van der Waals surface area contributed by atoms with E-state index in [0.29, 0.717) is 18.1 Å². The van der Waals surface area contributed by atoms with Gasteiger partial charge >= 0.3 is 0 Å². The Hall–Kier alpha value is -3.05. The Balaban J connectivity index is 1.42. The number of rotatable bonds is 5. The van der Waals surface area contributed by atoms with Crippen LogP contribution < -0.4 is 0 Å². The molecular formula is C27H25FN2OS. The van der Waals surface area contributed by atoms with Crippen molar-refractivity contribution in [2.24, 2.45) is 0 Å². The number of hydrogen-bond donors (Lipinski definition) is 1. The molecule has 2 heterocycles. The van der Waals surface area contributed by atoms with Gasteiger partial charge in [-0.1, -0.05) is 60.2 Å². The van der Waals surface area contributed by atoms with Crippen LogP contribution in [0.5, 0.6) is 0 Å². The van der Waals surface area contributed by atoms with Crippen LogP contribution in [0.25, 0.3) is 10.9 Å². The molecular weight excluding hydrogens is 419 g/mol. The smallest absolute Gasteiger partial charge is 0.233 e. The SMILES string of the molecule is Cc1ccc([C@@H]2c3[nH]c4ccccc4c3CCN2C(=O)CSCc2ccc(F)cc2)cc1. The van der Waals surface area contributed by atoms with Gasteiger partial charge in [0.15, 0.2) is 0 Å². The van der Waals surface area contributed by atoms with Crippen molar-refractivity contribution >= 4 is 28.6 Å². The Labute approximate surface area is 191 Å². The molecule has 0 aliphatic carbocycles. The topological polar surface area (TPSA) is 36.1 Å². The van der Waals surface area contributed by atoms with E-state index in [9.17, 15) is 9.18 Å². The second-order valence-electron chi connectivity index (χ2n) is 8.33. The van der Waals surface area contributed by atoms with Gasteiger partial charge in [-0.15, -0.1) is 11.8 Å². The Morgan fingerprint density at radius 3 is 2.59 bits per heavy atom. The van der Waals surface area contributed by atoms with Crippen molar-refractivity contribution in [1.82, 2.24) is 9.88 Å². The summed E-state index contributed by atoms with van der Waals surface area (Å²) in [6.45, 7) is 2.78. The number of H-pyrrole nitrogens is 1. The van der Waals surface area contributed by atoms with Crippen LogP contribution in [0.15, 0.2) is 72.8 Å². The number of nitrogens with zero attached hydrogens (tertiary/aromatic N) is 1. The van der Waals surface area contributed by atoms with E-state index in [2.05, 4.69) is 54.4 Å². The third-order valence-electron chi connectivity index (χ3n) is 6.16. The predicted molar refractivity (Wildman–Crippen MR) is 129 cm³/mol. The molecule has 3 nitrogen and oxygen atoms in total. The number of nitrogens with one attached hydrogen (secondary N) is 1. The van der Waals surface area contributed by atoms with E-state index in [1.165, 1.54) is 28.6 Å². The monoisotopic (exact) mass is 444 g/mol. The van der Waals surface area contributed by atoms with Crippen LogP contribution in [-0.4, -0.2) is 28.1 Å². The Morgan fingerprint density at radius 1 is 1.06 bits per heavy atom. The molecule has 0 fully saturated rings. The zero-order valence-corrected chi connectivity index (χ0v) is 18.8. The molecule has 162 valence electrons. The molecule has 1 aliphatic heterocycles. The quantitative estimate of drug-likeness (QED) is 0.408. The van der Waals surface area contributed by atoms with Gasteiger partial charge in [0.2, 0.25) is 5.91 Å². The molecule has 5 heteroatoms. The lowest BCUT2D eigenvalue weighted by atomic mass is 9.92. The molecule has 0 unspecified atom stereocenters. The van der Waals surface area contributed by atoms with Gasteiger partial charge in [-0.05, 0) is 48.2 Å². The highest BCUT2D eigenvalue weighted by atomic mass is 32.2. The fraction of sp³-hybridized carbons (Fsp3) is 0.222. The maximum Gasteiger partial charge on any atom is 0.233 e. The number of aromatic nitrogens is 1. The van der Waals surface area contributed by atoms with Crippen molar-refractivity contribution in [2.45, 2.75) is 25.1 Å². The number of aryl methyl sites for hydroxylation is 1. The summed E-state index contributed by atoms with van der Waals surface area (Å²) in [6.07, 6.45) is 0.843. The maximum absolute atomic E-state index is 13.3. The summed E-state index contributed by atoms with van der Waals surface area (Å²) in [7, 11) is 0. The van der Waals surface area contributed by atoms with Crippen LogP contribution in [0.1, 0.15) is 34.0 Å². The van der Waals surface area contributed by atoms with Gasteiger partial charge in [-0.2, -0.15) is 0 Å². The van der Waals surface area contributed by atoms with Gasteiger partial charge in [0.05, 0.1) is 11.8 Å². The summed E-state index contributed by atoms with van der Waals surface area (Å²) in [6, 6.07) is 23.2. The number of aromatic amines is 1. The van der Waals surface area contributed by atoms with E-state index >= 15 is 0 Å². The minimum absolute atomic E-state index is 0.120. The van der Waals surface area contributed by atoms with Crippen molar-refractivity contribution in [3.05, 3.63) is 107 Å². The van der Waals surface area contributed by atoms with E-state index in [4.69, 9.17) is 0 Å². The Morgan fingerprint density at radius 2 is 1.81 bits per heavy atom.